The van der Waals surface area contributed by atoms with Crippen molar-refractivity contribution in [3.63, 3.8) is 0 Å². The fourth-order valence-electron chi connectivity index (χ4n) is 2.26. The lowest BCUT2D eigenvalue weighted by atomic mass is 10.1. The third kappa shape index (κ3) is 4.71. The highest BCUT2D eigenvalue weighted by molar-refractivity contribution is 5.95. The van der Waals surface area contributed by atoms with Crippen LogP contribution in [0.2, 0.25) is 0 Å². The molecule has 7 heteroatoms. The number of aromatic nitrogens is 1. The smallest absolute Gasteiger partial charge is 0.433 e. The fraction of sp³-hybridized carbons (Fsp3) is 0.333. The van der Waals surface area contributed by atoms with Crippen LogP contribution in [0.4, 0.5) is 13.2 Å². The molecule has 134 valence electrons. The molecule has 1 heterocycles. The Labute approximate surface area is 144 Å². The number of aryl methyl sites for hydroxylation is 2. The SMILES string of the molecule is Cc1ccccc1OCCN(C)C(=O)c1ccc(C(F)(F)F)nc1C. The number of carbonyl (C=O) groups excluding carboxylic acids is 1. The number of hydrogen-bond donors (Lipinski definition) is 0. The molecule has 0 aliphatic carbocycles. The van der Waals surface area contributed by atoms with Gasteiger partial charge in [0, 0.05) is 7.05 Å². The molecular formula is C18H19F3N2O2. The molecule has 25 heavy (non-hydrogen) atoms. The van der Waals surface area contributed by atoms with E-state index in [4.69, 9.17) is 4.74 Å². The van der Waals surface area contributed by atoms with Crippen LogP contribution in [-0.2, 0) is 6.18 Å². The molecule has 0 saturated heterocycles. The molecule has 0 atom stereocenters. The highest BCUT2D eigenvalue weighted by Crippen LogP contribution is 2.28. The van der Waals surface area contributed by atoms with Crippen LogP contribution in [0, 0.1) is 13.8 Å². The lowest BCUT2D eigenvalue weighted by Crippen LogP contribution is -2.31. The monoisotopic (exact) mass is 352 g/mol. The summed E-state index contributed by atoms with van der Waals surface area (Å²) in [6, 6.07) is 9.49. The lowest BCUT2D eigenvalue weighted by Gasteiger charge is -2.19. The number of halogens is 3. The summed E-state index contributed by atoms with van der Waals surface area (Å²) >= 11 is 0. The van der Waals surface area contributed by atoms with Gasteiger partial charge in [0.15, 0.2) is 0 Å². The third-order valence-corrected chi connectivity index (χ3v) is 3.73. The number of amides is 1. The van der Waals surface area contributed by atoms with Gasteiger partial charge in [-0.2, -0.15) is 13.2 Å². The fourth-order valence-corrected chi connectivity index (χ4v) is 2.26. The Bertz CT molecular complexity index is 760. The number of para-hydroxylation sites is 1. The summed E-state index contributed by atoms with van der Waals surface area (Å²) < 4.78 is 43.6. The number of pyridine rings is 1. The zero-order chi connectivity index (χ0) is 18.6. The predicted molar refractivity (Wildman–Crippen MR) is 87.6 cm³/mol. The van der Waals surface area contributed by atoms with Crippen molar-refractivity contribution in [1.29, 1.82) is 0 Å². The van der Waals surface area contributed by atoms with E-state index in [1.165, 1.54) is 11.8 Å². The van der Waals surface area contributed by atoms with Crippen molar-refractivity contribution < 1.29 is 22.7 Å². The van der Waals surface area contributed by atoms with Gasteiger partial charge in [0.05, 0.1) is 17.8 Å². The second-order valence-electron chi connectivity index (χ2n) is 5.67. The minimum atomic E-state index is -4.53. The van der Waals surface area contributed by atoms with Gasteiger partial charge in [0.25, 0.3) is 5.91 Å². The molecule has 0 N–H and O–H groups in total. The molecule has 0 bridgehead atoms. The quantitative estimate of drug-likeness (QED) is 0.820. The summed E-state index contributed by atoms with van der Waals surface area (Å²) in [5, 5.41) is 0. The molecule has 2 aromatic rings. The zero-order valence-corrected chi connectivity index (χ0v) is 14.2. The van der Waals surface area contributed by atoms with Gasteiger partial charge in [-0.3, -0.25) is 4.79 Å². The third-order valence-electron chi connectivity index (χ3n) is 3.73. The zero-order valence-electron chi connectivity index (χ0n) is 14.2. The maximum atomic E-state index is 12.6. The van der Waals surface area contributed by atoms with Gasteiger partial charge in [-0.1, -0.05) is 18.2 Å². The predicted octanol–water partition coefficient (Wildman–Crippen LogP) is 3.87. The first kappa shape index (κ1) is 18.8. The number of likely N-dealkylation sites (N-methyl/N-ethyl adjacent to an activating group) is 1. The molecule has 0 fully saturated rings. The van der Waals surface area contributed by atoms with E-state index in [9.17, 15) is 18.0 Å². The molecule has 0 spiro atoms. The van der Waals surface area contributed by atoms with E-state index in [0.29, 0.717) is 6.54 Å². The van der Waals surface area contributed by atoms with Crippen molar-refractivity contribution in [2.75, 3.05) is 20.2 Å². The van der Waals surface area contributed by atoms with E-state index < -0.39 is 17.8 Å². The molecule has 0 saturated carbocycles. The van der Waals surface area contributed by atoms with Crippen LogP contribution >= 0.6 is 0 Å². The van der Waals surface area contributed by atoms with Gasteiger partial charge in [-0.25, -0.2) is 4.98 Å². The maximum absolute atomic E-state index is 12.6. The number of carbonyl (C=O) groups is 1. The van der Waals surface area contributed by atoms with E-state index in [2.05, 4.69) is 4.98 Å². The van der Waals surface area contributed by atoms with Crippen molar-refractivity contribution in [1.82, 2.24) is 9.88 Å². The van der Waals surface area contributed by atoms with Gasteiger partial charge < -0.3 is 9.64 Å². The Morgan fingerprint density at radius 3 is 2.44 bits per heavy atom. The summed E-state index contributed by atoms with van der Waals surface area (Å²) in [5.74, 6) is 0.336. The molecular weight excluding hydrogens is 333 g/mol. The molecule has 0 aliphatic rings. The molecule has 1 amide bonds. The topological polar surface area (TPSA) is 42.4 Å². The largest absolute Gasteiger partial charge is 0.491 e. The minimum absolute atomic E-state index is 0.0477. The van der Waals surface area contributed by atoms with Crippen molar-refractivity contribution in [3.05, 3.63) is 58.9 Å². The minimum Gasteiger partial charge on any atom is -0.491 e. The van der Waals surface area contributed by atoms with Gasteiger partial charge in [0.2, 0.25) is 0 Å². The summed E-state index contributed by atoms with van der Waals surface area (Å²) in [6.07, 6.45) is -4.53. The average Bonchev–Trinajstić information content (AvgIpc) is 2.55. The van der Waals surface area contributed by atoms with Crippen molar-refractivity contribution in [3.8, 4) is 5.75 Å². The summed E-state index contributed by atoms with van der Waals surface area (Å²) in [6.45, 7) is 3.88. The first-order valence-electron chi connectivity index (χ1n) is 7.69. The molecule has 4 nitrogen and oxygen atoms in total. The number of nitrogens with zero attached hydrogens (tertiary/aromatic N) is 2. The second-order valence-corrected chi connectivity index (χ2v) is 5.67. The van der Waals surface area contributed by atoms with E-state index in [1.54, 1.807) is 7.05 Å². The Morgan fingerprint density at radius 1 is 1.16 bits per heavy atom. The standard InChI is InChI=1S/C18H19F3N2O2/c1-12-6-4-5-7-15(12)25-11-10-23(3)17(24)14-8-9-16(18(19,20)21)22-13(14)2/h4-9H,10-11H2,1-3H3. The van der Waals surface area contributed by atoms with E-state index in [-0.39, 0.29) is 17.9 Å². The summed E-state index contributed by atoms with van der Waals surface area (Å²) in [5.41, 5.74) is 0.171. The Balaban J connectivity index is 1.99. The van der Waals surface area contributed by atoms with Crippen LogP contribution in [0.25, 0.3) is 0 Å². The van der Waals surface area contributed by atoms with Crippen molar-refractivity contribution in [2.24, 2.45) is 0 Å². The molecule has 0 radical (unpaired) electrons. The first-order valence-corrected chi connectivity index (χ1v) is 7.69. The summed E-state index contributed by atoms with van der Waals surface area (Å²) in [4.78, 5) is 17.3. The van der Waals surface area contributed by atoms with E-state index in [1.807, 2.05) is 31.2 Å². The van der Waals surface area contributed by atoms with Gasteiger partial charge in [-0.15, -0.1) is 0 Å². The Kier molecular flexibility index (Phi) is 5.66. The molecule has 2 rings (SSSR count). The second kappa shape index (κ2) is 7.55. The van der Waals surface area contributed by atoms with E-state index >= 15 is 0 Å². The van der Waals surface area contributed by atoms with Gasteiger partial charge in [-0.05, 0) is 37.6 Å². The number of alkyl halides is 3. The Hall–Kier alpha value is -2.57. The summed E-state index contributed by atoms with van der Waals surface area (Å²) in [7, 11) is 1.57. The number of rotatable bonds is 5. The Morgan fingerprint density at radius 2 is 1.84 bits per heavy atom. The van der Waals surface area contributed by atoms with Crippen LogP contribution in [0.1, 0.15) is 27.3 Å². The van der Waals surface area contributed by atoms with E-state index in [0.717, 1.165) is 23.4 Å². The van der Waals surface area contributed by atoms with Crippen LogP contribution in [0.15, 0.2) is 36.4 Å². The molecule has 0 unspecified atom stereocenters. The molecule has 1 aromatic carbocycles. The maximum Gasteiger partial charge on any atom is 0.433 e. The van der Waals surface area contributed by atoms with Crippen LogP contribution in [0.5, 0.6) is 5.75 Å². The number of hydrogen-bond acceptors (Lipinski definition) is 3. The normalized spacial score (nSPS) is 11.3. The number of ether oxygens (including phenoxy) is 1. The van der Waals surface area contributed by atoms with Crippen molar-refractivity contribution in [2.45, 2.75) is 20.0 Å². The first-order chi connectivity index (χ1) is 11.7. The van der Waals surface area contributed by atoms with Crippen LogP contribution in [0.3, 0.4) is 0 Å². The van der Waals surface area contributed by atoms with Crippen LogP contribution < -0.4 is 4.74 Å². The molecule has 0 aliphatic heterocycles. The average molecular weight is 352 g/mol. The van der Waals surface area contributed by atoms with Gasteiger partial charge >= 0.3 is 6.18 Å². The number of benzene rings is 1. The lowest BCUT2D eigenvalue weighted by molar-refractivity contribution is -0.141. The van der Waals surface area contributed by atoms with Gasteiger partial charge in [0.1, 0.15) is 18.1 Å². The highest BCUT2D eigenvalue weighted by atomic mass is 19.4. The highest BCUT2D eigenvalue weighted by Gasteiger charge is 2.33. The molecule has 1 aromatic heterocycles. The van der Waals surface area contributed by atoms with Crippen molar-refractivity contribution >= 4 is 5.91 Å². The van der Waals surface area contributed by atoms with Crippen LogP contribution in [-0.4, -0.2) is 36.0 Å².